The molecular formula is C14H17BrN2. The molecule has 1 unspecified atom stereocenters. The fourth-order valence-corrected chi connectivity index (χ4v) is 2.07. The van der Waals surface area contributed by atoms with Crippen molar-refractivity contribution in [2.24, 2.45) is 0 Å². The van der Waals surface area contributed by atoms with Crippen molar-refractivity contribution in [3.63, 3.8) is 0 Å². The third-order valence-corrected chi connectivity index (χ3v) is 3.30. The number of rotatable bonds is 5. The van der Waals surface area contributed by atoms with E-state index in [0.29, 0.717) is 6.04 Å². The molecule has 0 amide bonds. The predicted molar refractivity (Wildman–Crippen MR) is 74.9 cm³/mol. The average Bonchev–Trinajstić information content (AvgIpc) is 2.83. The zero-order valence-corrected chi connectivity index (χ0v) is 11.5. The number of H-pyrrole nitrogens is 1. The summed E-state index contributed by atoms with van der Waals surface area (Å²) in [6.07, 6.45) is 5.04. The Morgan fingerprint density at radius 3 is 2.59 bits per heavy atom. The molecule has 1 heterocycles. The molecule has 0 aliphatic heterocycles. The van der Waals surface area contributed by atoms with Crippen molar-refractivity contribution < 1.29 is 0 Å². The number of halogens is 1. The molecule has 0 spiro atoms. The zero-order valence-electron chi connectivity index (χ0n) is 9.91. The van der Waals surface area contributed by atoms with Crippen LogP contribution in [-0.4, -0.2) is 11.0 Å². The van der Waals surface area contributed by atoms with E-state index in [1.165, 1.54) is 11.1 Å². The van der Waals surface area contributed by atoms with Gasteiger partial charge in [0.05, 0.1) is 0 Å². The van der Waals surface area contributed by atoms with Gasteiger partial charge >= 0.3 is 0 Å². The molecule has 2 rings (SSSR count). The summed E-state index contributed by atoms with van der Waals surface area (Å²) in [4.78, 5) is 3.06. The van der Waals surface area contributed by atoms with Crippen LogP contribution < -0.4 is 5.32 Å². The van der Waals surface area contributed by atoms with Gasteiger partial charge < -0.3 is 10.3 Å². The molecule has 0 aliphatic rings. The smallest absolute Gasteiger partial charge is 0.0223 e. The molecule has 0 saturated carbocycles. The van der Waals surface area contributed by atoms with Crippen molar-refractivity contribution in [2.45, 2.75) is 25.9 Å². The van der Waals surface area contributed by atoms with Crippen LogP contribution in [0.3, 0.4) is 0 Å². The Bertz CT molecular complexity index is 434. The fraction of sp³-hybridized carbons (Fsp3) is 0.286. The van der Waals surface area contributed by atoms with Gasteiger partial charge in [0, 0.05) is 29.5 Å². The lowest BCUT2D eigenvalue weighted by Crippen LogP contribution is -2.27. The molecule has 90 valence electrons. The fourth-order valence-electron chi connectivity index (χ4n) is 1.81. The number of nitrogens with one attached hydrogen (secondary N) is 2. The molecule has 0 fully saturated rings. The highest BCUT2D eigenvalue weighted by molar-refractivity contribution is 9.10. The topological polar surface area (TPSA) is 27.8 Å². The van der Waals surface area contributed by atoms with Crippen LogP contribution in [0.5, 0.6) is 0 Å². The minimum atomic E-state index is 0.478. The molecule has 2 nitrogen and oxygen atoms in total. The maximum atomic E-state index is 3.52. The van der Waals surface area contributed by atoms with Crippen LogP contribution in [0.1, 0.15) is 18.1 Å². The van der Waals surface area contributed by atoms with Gasteiger partial charge in [-0.3, -0.25) is 0 Å². The number of hydrogen-bond donors (Lipinski definition) is 2. The van der Waals surface area contributed by atoms with Crippen molar-refractivity contribution in [3.8, 4) is 0 Å². The molecule has 1 aromatic carbocycles. The van der Waals surface area contributed by atoms with Crippen LogP contribution in [0.25, 0.3) is 0 Å². The Labute approximate surface area is 111 Å². The average molecular weight is 293 g/mol. The summed E-state index contributed by atoms with van der Waals surface area (Å²) in [5.41, 5.74) is 2.66. The van der Waals surface area contributed by atoms with E-state index in [0.717, 1.165) is 17.4 Å². The number of aromatic nitrogens is 1. The number of hydrogen-bond acceptors (Lipinski definition) is 1. The molecular weight excluding hydrogens is 276 g/mol. The molecule has 2 N–H and O–H groups in total. The summed E-state index contributed by atoms with van der Waals surface area (Å²) >= 11 is 3.45. The lowest BCUT2D eigenvalue weighted by molar-refractivity contribution is 0.545. The van der Waals surface area contributed by atoms with Crippen molar-refractivity contribution >= 4 is 15.9 Å². The molecule has 0 saturated heterocycles. The van der Waals surface area contributed by atoms with Gasteiger partial charge in [0.15, 0.2) is 0 Å². The Kier molecular flexibility index (Phi) is 4.40. The minimum absolute atomic E-state index is 0.478. The highest BCUT2D eigenvalue weighted by Crippen LogP contribution is 2.12. The second-order valence-corrected chi connectivity index (χ2v) is 5.25. The quantitative estimate of drug-likeness (QED) is 0.867. The van der Waals surface area contributed by atoms with Gasteiger partial charge in [0.1, 0.15) is 0 Å². The molecule has 0 radical (unpaired) electrons. The predicted octanol–water partition coefficient (Wildman–Crippen LogP) is 3.50. The van der Waals surface area contributed by atoms with E-state index < -0.39 is 0 Å². The number of aromatic amines is 1. The van der Waals surface area contributed by atoms with Gasteiger partial charge in [-0.1, -0.05) is 28.1 Å². The van der Waals surface area contributed by atoms with E-state index >= 15 is 0 Å². The molecule has 1 aromatic heterocycles. The van der Waals surface area contributed by atoms with Crippen molar-refractivity contribution in [1.29, 1.82) is 0 Å². The van der Waals surface area contributed by atoms with E-state index in [2.05, 4.69) is 63.5 Å². The summed E-state index contributed by atoms with van der Waals surface area (Å²) in [6.45, 7) is 3.13. The van der Waals surface area contributed by atoms with Crippen LogP contribution in [0.2, 0.25) is 0 Å². The van der Waals surface area contributed by atoms with Crippen LogP contribution in [0.15, 0.2) is 47.2 Å². The molecule has 17 heavy (non-hydrogen) atoms. The minimum Gasteiger partial charge on any atom is -0.367 e. The monoisotopic (exact) mass is 292 g/mol. The zero-order chi connectivity index (χ0) is 12.1. The second-order valence-electron chi connectivity index (χ2n) is 4.33. The number of benzene rings is 1. The van der Waals surface area contributed by atoms with Gasteiger partial charge in [-0.25, -0.2) is 0 Å². The summed E-state index contributed by atoms with van der Waals surface area (Å²) in [6, 6.07) is 11.1. The molecule has 1 atom stereocenters. The van der Waals surface area contributed by atoms with Gasteiger partial charge in [0.25, 0.3) is 0 Å². The van der Waals surface area contributed by atoms with E-state index in [1.54, 1.807) is 0 Å². The molecule has 2 aromatic rings. The lowest BCUT2D eigenvalue weighted by Gasteiger charge is -2.13. The molecule has 0 aliphatic carbocycles. The Morgan fingerprint density at radius 2 is 1.94 bits per heavy atom. The summed E-state index contributed by atoms with van der Waals surface area (Å²) in [7, 11) is 0. The van der Waals surface area contributed by atoms with Gasteiger partial charge in [0.2, 0.25) is 0 Å². The Hall–Kier alpha value is -1.06. The van der Waals surface area contributed by atoms with E-state index in [1.807, 2.05) is 12.4 Å². The first-order valence-corrected chi connectivity index (χ1v) is 6.63. The van der Waals surface area contributed by atoms with Gasteiger partial charge in [-0.05, 0) is 42.7 Å². The van der Waals surface area contributed by atoms with Crippen LogP contribution in [0.4, 0.5) is 0 Å². The second kappa shape index (κ2) is 6.03. The van der Waals surface area contributed by atoms with Crippen LogP contribution in [-0.2, 0) is 13.0 Å². The van der Waals surface area contributed by atoms with Crippen molar-refractivity contribution in [3.05, 3.63) is 58.3 Å². The summed E-state index contributed by atoms with van der Waals surface area (Å²) < 4.78 is 1.13. The van der Waals surface area contributed by atoms with Gasteiger partial charge in [-0.15, -0.1) is 0 Å². The SMILES string of the molecule is CC(Cc1ccc(Br)cc1)NCc1cc[nH]c1. The summed E-state index contributed by atoms with van der Waals surface area (Å²) in [5, 5.41) is 3.52. The van der Waals surface area contributed by atoms with Crippen molar-refractivity contribution in [2.75, 3.05) is 0 Å². The highest BCUT2D eigenvalue weighted by atomic mass is 79.9. The first-order valence-electron chi connectivity index (χ1n) is 5.83. The van der Waals surface area contributed by atoms with E-state index in [-0.39, 0.29) is 0 Å². The Balaban J connectivity index is 1.80. The van der Waals surface area contributed by atoms with Gasteiger partial charge in [-0.2, -0.15) is 0 Å². The maximum absolute atomic E-state index is 3.52. The normalized spacial score (nSPS) is 12.6. The molecule has 3 heteroatoms. The third kappa shape index (κ3) is 4.02. The largest absolute Gasteiger partial charge is 0.367 e. The lowest BCUT2D eigenvalue weighted by atomic mass is 10.1. The highest BCUT2D eigenvalue weighted by Gasteiger charge is 2.03. The third-order valence-electron chi connectivity index (χ3n) is 2.77. The van der Waals surface area contributed by atoms with Crippen molar-refractivity contribution in [1.82, 2.24) is 10.3 Å². The first-order chi connectivity index (χ1) is 8.24. The summed E-state index contributed by atoms with van der Waals surface area (Å²) in [5.74, 6) is 0. The standard InChI is InChI=1S/C14H17BrN2/c1-11(17-10-13-6-7-16-9-13)8-12-2-4-14(15)5-3-12/h2-7,9,11,16-17H,8,10H2,1H3. The molecule has 0 bridgehead atoms. The maximum Gasteiger partial charge on any atom is 0.0223 e. The van der Waals surface area contributed by atoms with Crippen LogP contribution >= 0.6 is 15.9 Å². The Morgan fingerprint density at radius 1 is 1.18 bits per heavy atom. The van der Waals surface area contributed by atoms with E-state index in [4.69, 9.17) is 0 Å². The first kappa shape index (κ1) is 12.4. The van der Waals surface area contributed by atoms with E-state index in [9.17, 15) is 0 Å². The van der Waals surface area contributed by atoms with Crippen LogP contribution in [0, 0.1) is 0 Å².